The van der Waals surface area contributed by atoms with Crippen LogP contribution in [0.1, 0.15) is 32.0 Å². The summed E-state index contributed by atoms with van der Waals surface area (Å²) in [6, 6.07) is 0. The highest BCUT2D eigenvalue weighted by molar-refractivity contribution is 4.90. The van der Waals surface area contributed by atoms with E-state index in [0.29, 0.717) is 19.0 Å². The van der Waals surface area contributed by atoms with Gasteiger partial charge in [-0.25, -0.2) is 0 Å². The summed E-state index contributed by atoms with van der Waals surface area (Å²) in [6.07, 6.45) is 1.60. The number of aromatic nitrogens is 2. The van der Waals surface area contributed by atoms with Crippen LogP contribution in [0.5, 0.6) is 0 Å². The first-order valence-electron chi connectivity index (χ1n) is 5.35. The Morgan fingerprint density at radius 3 is 2.93 bits per heavy atom. The van der Waals surface area contributed by atoms with Gasteiger partial charge in [0.2, 0.25) is 5.89 Å². The van der Waals surface area contributed by atoms with E-state index < -0.39 is 5.60 Å². The molecule has 1 saturated heterocycles. The van der Waals surface area contributed by atoms with Gasteiger partial charge in [-0.3, -0.25) is 4.90 Å². The van der Waals surface area contributed by atoms with Gasteiger partial charge in [0.25, 0.3) is 0 Å². The van der Waals surface area contributed by atoms with Gasteiger partial charge < -0.3 is 9.63 Å². The van der Waals surface area contributed by atoms with Crippen LogP contribution in [0.15, 0.2) is 4.52 Å². The summed E-state index contributed by atoms with van der Waals surface area (Å²) in [5.41, 5.74) is -0.562. The van der Waals surface area contributed by atoms with Crippen molar-refractivity contribution in [2.75, 3.05) is 13.1 Å². The third-order valence-corrected chi connectivity index (χ3v) is 2.72. The van der Waals surface area contributed by atoms with E-state index >= 15 is 0 Å². The van der Waals surface area contributed by atoms with Gasteiger partial charge >= 0.3 is 0 Å². The highest BCUT2D eigenvalue weighted by atomic mass is 16.5. The summed E-state index contributed by atoms with van der Waals surface area (Å²) in [5, 5.41) is 13.6. The summed E-state index contributed by atoms with van der Waals surface area (Å²) in [7, 11) is 0. The fraction of sp³-hybridized carbons (Fsp3) is 0.800. The zero-order valence-electron chi connectivity index (χ0n) is 9.23. The monoisotopic (exact) mass is 211 g/mol. The molecular formula is C10H17N3O2. The van der Waals surface area contributed by atoms with Crippen molar-refractivity contribution in [1.29, 1.82) is 0 Å². The first kappa shape index (κ1) is 10.6. The molecule has 0 spiro atoms. The van der Waals surface area contributed by atoms with Gasteiger partial charge in [0.1, 0.15) is 0 Å². The molecule has 1 N–H and O–H groups in total. The van der Waals surface area contributed by atoms with Crippen molar-refractivity contribution in [1.82, 2.24) is 15.0 Å². The van der Waals surface area contributed by atoms with Crippen molar-refractivity contribution < 1.29 is 9.63 Å². The Labute approximate surface area is 89.1 Å². The van der Waals surface area contributed by atoms with E-state index in [-0.39, 0.29) is 0 Å². The highest BCUT2D eigenvalue weighted by Gasteiger charge is 2.31. The van der Waals surface area contributed by atoms with Gasteiger partial charge in [0, 0.05) is 19.5 Å². The largest absolute Gasteiger partial charge is 0.389 e. The molecule has 84 valence electrons. The molecule has 0 radical (unpaired) electrons. The molecule has 1 aliphatic rings. The van der Waals surface area contributed by atoms with Crippen LogP contribution in [0.2, 0.25) is 0 Å². The summed E-state index contributed by atoms with van der Waals surface area (Å²) < 4.78 is 5.10. The molecule has 2 heterocycles. The standard InChI is InChI=1S/C10H17N3O2/c1-3-8-11-9(15-12-8)6-13-5-4-10(2,14)7-13/h14H,3-7H2,1-2H3. The maximum absolute atomic E-state index is 9.79. The number of rotatable bonds is 3. The van der Waals surface area contributed by atoms with Crippen molar-refractivity contribution >= 4 is 0 Å². The third-order valence-electron chi connectivity index (χ3n) is 2.72. The number of nitrogens with zero attached hydrogens (tertiary/aromatic N) is 3. The van der Waals surface area contributed by atoms with E-state index in [1.54, 1.807) is 0 Å². The summed E-state index contributed by atoms with van der Waals surface area (Å²) in [4.78, 5) is 6.37. The van der Waals surface area contributed by atoms with Crippen LogP contribution in [-0.4, -0.2) is 38.8 Å². The van der Waals surface area contributed by atoms with Crippen LogP contribution in [-0.2, 0) is 13.0 Å². The Morgan fingerprint density at radius 1 is 1.60 bits per heavy atom. The average molecular weight is 211 g/mol. The quantitative estimate of drug-likeness (QED) is 0.792. The van der Waals surface area contributed by atoms with E-state index in [2.05, 4.69) is 15.0 Å². The predicted molar refractivity (Wildman–Crippen MR) is 54.2 cm³/mol. The lowest BCUT2D eigenvalue weighted by atomic mass is 10.1. The summed E-state index contributed by atoms with van der Waals surface area (Å²) in [5.74, 6) is 1.39. The van der Waals surface area contributed by atoms with Gasteiger partial charge in [0.15, 0.2) is 5.82 Å². The van der Waals surface area contributed by atoms with Crippen molar-refractivity contribution in [3.63, 3.8) is 0 Å². The maximum Gasteiger partial charge on any atom is 0.240 e. The van der Waals surface area contributed by atoms with Crippen molar-refractivity contribution in [3.8, 4) is 0 Å². The molecule has 1 aromatic rings. The number of β-amino-alcohol motifs (C(OH)–C–C–N with tert-alkyl or cyclic N) is 1. The van der Waals surface area contributed by atoms with Gasteiger partial charge in [-0.15, -0.1) is 0 Å². The molecule has 0 bridgehead atoms. The molecule has 1 fully saturated rings. The normalized spacial score (nSPS) is 27.4. The van der Waals surface area contributed by atoms with Gasteiger partial charge in [-0.05, 0) is 13.3 Å². The minimum absolute atomic E-state index is 0.562. The third kappa shape index (κ3) is 2.54. The molecule has 15 heavy (non-hydrogen) atoms. The van der Waals surface area contributed by atoms with Gasteiger partial charge in [-0.1, -0.05) is 12.1 Å². The number of aliphatic hydroxyl groups is 1. The second kappa shape index (κ2) is 3.90. The minimum Gasteiger partial charge on any atom is -0.389 e. The fourth-order valence-electron chi connectivity index (χ4n) is 1.86. The second-order valence-corrected chi connectivity index (χ2v) is 4.42. The van der Waals surface area contributed by atoms with Gasteiger partial charge in [0.05, 0.1) is 12.1 Å². The lowest BCUT2D eigenvalue weighted by Gasteiger charge is -2.16. The van der Waals surface area contributed by atoms with E-state index in [4.69, 9.17) is 4.52 Å². The molecule has 5 nitrogen and oxygen atoms in total. The number of hydrogen-bond acceptors (Lipinski definition) is 5. The Balaban J connectivity index is 1.92. The first-order chi connectivity index (χ1) is 7.09. The van der Waals surface area contributed by atoms with Crippen LogP contribution < -0.4 is 0 Å². The molecule has 0 aromatic carbocycles. The van der Waals surface area contributed by atoms with Crippen LogP contribution in [0, 0.1) is 0 Å². The molecular weight excluding hydrogens is 194 g/mol. The van der Waals surface area contributed by atoms with E-state index in [1.165, 1.54) is 0 Å². The second-order valence-electron chi connectivity index (χ2n) is 4.42. The number of hydrogen-bond donors (Lipinski definition) is 1. The first-order valence-corrected chi connectivity index (χ1v) is 5.35. The average Bonchev–Trinajstić information content (AvgIpc) is 2.73. The Bertz CT molecular complexity index is 335. The van der Waals surface area contributed by atoms with Crippen LogP contribution in [0.4, 0.5) is 0 Å². The summed E-state index contributed by atoms with van der Waals surface area (Å²) >= 11 is 0. The molecule has 5 heteroatoms. The lowest BCUT2D eigenvalue weighted by Crippen LogP contribution is -2.29. The molecule has 0 aliphatic carbocycles. The number of aryl methyl sites for hydroxylation is 1. The molecule has 1 aliphatic heterocycles. The van der Waals surface area contributed by atoms with E-state index in [9.17, 15) is 5.11 Å². The lowest BCUT2D eigenvalue weighted by molar-refractivity contribution is 0.0665. The maximum atomic E-state index is 9.79. The molecule has 2 rings (SSSR count). The Hall–Kier alpha value is -0.940. The molecule has 0 amide bonds. The van der Waals surface area contributed by atoms with Crippen molar-refractivity contribution in [2.24, 2.45) is 0 Å². The molecule has 1 aromatic heterocycles. The minimum atomic E-state index is -0.562. The fourth-order valence-corrected chi connectivity index (χ4v) is 1.86. The van der Waals surface area contributed by atoms with Crippen molar-refractivity contribution in [2.45, 2.75) is 38.8 Å². The van der Waals surface area contributed by atoms with Crippen LogP contribution >= 0.6 is 0 Å². The zero-order valence-corrected chi connectivity index (χ0v) is 9.23. The predicted octanol–water partition coefficient (Wildman–Crippen LogP) is 0.589. The Kier molecular flexibility index (Phi) is 2.75. The van der Waals surface area contributed by atoms with Crippen LogP contribution in [0.3, 0.4) is 0 Å². The smallest absolute Gasteiger partial charge is 0.240 e. The summed E-state index contributed by atoms with van der Waals surface area (Å²) in [6.45, 7) is 6.06. The highest BCUT2D eigenvalue weighted by Crippen LogP contribution is 2.21. The van der Waals surface area contributed by atoms with Crippen LogP contribution in [0.25, 0.3) is 0 Å². The number of likely N-dealkylation sites (tertiary alicyclic amines) is 1. The molecule has 0 saturated carbocycles. The Morgan fingerprint density at radius 2 is 2.40 bits per heavy atom. The SMILES string of the molecule is CCc1noc(CN2CCC(C)(O)C2)n1. The molecule has 1 unspecified atom stereocenters. The van der Waals surface area contributed by atoms with Gasteiger partial charge in [-0.2, -0.15) is 4.98 Å². The van der Waals surface area contributed by atoms with E-state index in [1.807, 2.05) is 13.8 Å². The van der Waals surface area contributed by atoms with E-state index in [0.717, 1.165) is 25.2 Å². The molecule has 1 atom stereocenters. The zero-order chi connectivity index (χ0) is 10.9. The topological polar surface area (TPSA) is 62.4 Å². The van der Waals surface area contributed by atoms with Crippen molar-refractivity contribution in [3.05, 3.63) is 11.7 Å².